The van der Waals surface area contributed by atoms with E-state index in [0.29, 0.717) is 11.2 Å². The highest BCUT2D eigenvalue weighted by Gasteiger charge is 2.09. The van der Waals surface area contributed by atoms with Gasteiger partial charge in [0.2, 0.25) is 0 Å². The van der Waals surface area contributed by atoms with Crippen LogP contribution < -0.4 is 10.2 Å². The zero-order valence-corrected chi connectivity index (χ0v) is 7.32. The van der Waals surface area contributed by atoms with Crippen molar-refractivity contribution >= 4 is 29.5 Å². The first-order chi connectivity index (χ1) is 6.09. The molecule has 5 nitrogen and oxygen atoms in total. The summed E-state index contributed by atoms with van der Waals surface area (Å²) in [5.74, 6) is 0. The maximum absolute atomic E-state index is 10.2. The maximum atomic E-state index is 10.2. The highest BCUT2D eigenvalue weighted by atomic mass is 32.2. The number of anilines is 1. The average Bonchev–Trinajstić information content (AvgIpc) is 2.04. The molecule has 0 bridgehead atoms. The molecule has 1 rings (SSSR count). The number of nitrogens with one attached hydrogen (secondary N) is 1. The second-order valence-corrected chi connectivity index (χ2v) is 3.01. The van der Waals surface area contributed by atoms with Gasteiger partial charge in [-0.25, -0.2) is 0 Å². The lowest BCUT2D eigenvalue weighted by Crippen LogP contribution is -2.29. The third-order valence-corrected chi connectivity index (χ3v) is 1.81. The topological polar surface area (TPSA) is 92.6 Å². The highest BCUT2D eigenvalue weighted by Crippen LogP contribution is 2.04. The monoisotopic (exact) mass is 200 g/mol. The van der Waals surface area contributed by atoms with Crippen molar-refractivity contribution in [3.8, 4) is 0 Å². The van der Waals surface area contributed by atoms with Crippen LogP contribution in [-0.2, 0) is 11.3 Å². The molecule has 0 aliphatic heterocycles. The van der Waals surface area contributed by atoms with Gasteiger partial charge in [-0.05, 0) is 17.6 Å². The summed E-state index contributed by atoms with van der Waals surface area (Å²) in [6.07, 6.45) is 0. The van der Waals surface area contributed by atoms with Gasteiger partial charge in [-0.2, -0.15) is 0 Å². The van der Waals surface area contributed by atoms with Crippen molar-refractivity contribution in [2.45, 2.75) is 0 Å². The summed E-state index contributed by atoms with van der Waals surface area (Å²) in [7, 11) is -1.54. The van der Waals surface area contributed by atoms with Gasteiger partial charge in [-0.3, -0.25) is 4.21 Å². The van der Waals surface area contributed by atoms with Gasteiger partial charge in [-0.15, -0.1) is 0 Å². The molecule has 0 saturated heterocycles. The molecule has 0 fully saturated rings. The Morgan fingerprint density at radius 3 is 2.23 bits per heavy atom. The van der Waals surface area contributed by atoms with Gasteiger partial charge in [0.1, 0.15) is 0 Å². The molecule has 0 spiro atoms. The van der Waals surface area contributed by atoms with E-state index in [-0.39, 0.29) is 0 Å². The quantitative estimate of drug-likeness (QED) is 0.412. The van der Waals surface area contributed by atoms with E-state index in [2.05, 4.69) is 4.72 Å². The molecule has 13 heavy (non-hydrogen) atoms. The number of rotatable bonds is 3. The average molecular weight is 200 g/mol. The van der Waals surface area contributed by atoms with E-state index in [1.807, 2.05) is 0 Å². The minimum atomic E-state index is -2.36. The Bertz CT molecular complexity index is 302. The van der Waals surface area contributed by atoms with Gasteiger partial charge in [0, 0.05) is 17.0 Å². The van der Waals surface area contributed by atoms with Crippen molar-refractivity contribution in [3.05, 3.63) is 24.3 Å². The number of benzene rings is 1. The van der Waals surface area contributed by atoms with Gasteiger partial charge in [-0.1, -0.05) is 12.1 Å². The van der Waals surface area contributed by atoms with Crippen LogP contribution >= 0.6 is 0 Å². The molecule has 0 aliphatic rings. The molecule has 0 aromatic heterocycles. The standard InChI is InChI=1S/C6H8BNO4S/c9-7(10)5-1-3-6(4-2-5)8-13(11)12/h1-4,8-10H,(H,11,12)/p-1. The fourth-order valence-corrected chi connectivity index (χ4v) is 1.15. The predicted molar refractivity (Wildman–Crippen MR) is 48.8 cm³/mol. The third-order valence-electron chi connectivity index (χ3n) is 1.41. The van der Waals surface area contributed by atoms with E-state index >= 15 is 0 Å². The van der Waals surface area contributed by atoms with E-state index in [1.165, 1.54) is 24.3 Å². The zero-order chi connectivity index (χ0) is 9.84. The highest BCUT2D eigenvalue weighted by molar-refractivity contribution is 7.80. The molecular weight excluding hydrogens is 193 g/mol. The van der Waals surface area contributed by atoms with Crippen LogP contribution in [0.2, 0.25) is 0 Å². The van der Waals surface area contributed by atoms with E-state index in [4.69, 9.17) is 10.0 Å². The first-order valence-electron chi connectivity index (χ1n) is 3.41. The van der Waals surface area contributed by atoms with Crippen LogP contribution in [0, 0.1) is 0 Å². The Labute approximate surface area is 78.0 Å². The fraction of sp³-hybridized carbons (Fsp3) is 0. The Balaban J connectivity index is 2.75. The summed E-state index contributed by atoms with van der Waals surface area (Å²) < 4.78 is 22.5. The Kier molecular flexibility index (Phi) is 3.43. The Hall–Kier alpha value is -0.885. The number of hydrogen-bond acceptors (Lipinski definition) is 4. The molecule has 7 heteroatoms. The van der Waals surface area contributed by atoms with Crippen LogP contribution in [0.4, 0.5) is 5.69 Å². The van der Waals surface area contributed by atoms with Crippen LogP contribution in [-0.4, -0.2) is 25.9 Å². The van der Waals surface area contributed by atoms with E-state index < -0.39 is 18.4 Å². The maximum Gasteiger partial charge on any atom is 0.488 e. The van der Waals surface area contributed by atoms with Crippen molar-refractivity contribution in [2.75, 3.05) is 4.72 Å². The first-order valence-corrected chi connectivity index (χ1v) is 4.49. The van der Waals surface area contributed by atoms with Gasteiger partial charge in [0.15, 0.2) is 0 Å². The van der Waals surface area contributed by atoms with Crippen LogP contribution in [0.3, 0.4) is 0 Å². The molecule has 1 aromatic carbocycles. The zero-order valence-electron chi connectivity index (χ0n) is 6.51. The molecule has 0 saturated carbocycles. The predicted octanol–water partition coefficient (Wildman–Crippen LogP) is -1.43. The van der Waals surface area contributed by atoms with Crippen molar-refractivity contribution in [1.29, 1.82) is 0 Å². The van der Waals surface area contributed by atoms with Gasteiger partial charge in [0.25, 0.3) is 0 Å². The molecule has 0 aliphatic carbocycles. The summed E-state index contributed by atoms with van der Waals surface area (Å²) in [6.45, 7) is 0. The first kappa shape index (κ1) is 10.2. The molecule has 1 aromatic rings. The lowest BCUT2D eigenvalue weighted by Gasteiger charge is -2.08. The molecule has 0 heterocycles. The van der Waals surface area contributed by atoms with Crippen LogP contribution in [0.25, 0.3) is 0 Å². The van der Waals surface area contributed by atoms with Crippen LogP contribution in [0.15, 0.2) is 24.3 Å². The SMILES string of the molecule is O=S([O-])Nc1ccc(B(O)O)cc1. The third kappa shape index (κ3) is 3.15. The minimum Gasteiger partial charge on any atom is -0.755 e. The van der Waals surface area contributed by atoms with E-state index in [0.717, 1.165) is 0 Å². The summed E-state index contributed by atoms with van der Waals surface area (Å²) >= 11 is -2.36. The van der Waals surface area contributed by atoms with Gasteiger partial charge >= 0.3 is 7.12 Å². The van der Waals surface area contributed by atoms with Crippen LogP contribution in [0.1, 0.15) is 0 Å². The number of hydrogen-bond donors (Lipinski definition) is 3. The normalized spacial score (nSPS) is 12.2. The summed E-state index contributed by atoms with van der Waals surface area (Å²) in [5.41, 5.74) is 0.681. The minimum absolute atomic E-state index is 0.308. The van der Waals surface area contributed by atoms with E-state index in [9.17, 15) is 8.76 Å². The Morgan fingerprint density at radius 2 is 1.85 bits per heavy atom. The lowest BCUT2D eigenvalue weighted by atomic mass is 9.80. The van der Waals surface area contributed by atoms with Gasteiger partial charge < -0.3 is 19.3 Å². The summed E-state index contributed by atoms with van der Waals surface area (Å²) in [6, 6.07) is 5.70. The van der Waals surface area contributed by atoms with Crippen molar-refractivity contribution < 1.29 is 18.8 Å². The summed E-state index contributed by atoms with van der Waals surface area (Å²) in [4.78, 5) is 0. The molecular formula is C6H7BNO4S-. The molecule has 0 amide bonds. The van der Waals surface area contributed by atoms with Gasteiger partial charge in [0.05, 0.1) is 0 Å². The fourth-order valence-electron chi connectivity index (χ4n) is 0.820. The molecule has 1 atom stereocenters. The van der Waals surface area contributed by atoms with Crippen molar-refractivity contribution in [3.63, 3.8) is 0 Å². The second-order valence-electron chi connectivity index (χ2n) is 2.33. The molecule has 1 unspecified atom stereocenters. The molecule has 70 valence electrons. The second kappa shape index (κ2) is 4.38. The molecule has 0 radical (unpaired) electrons. The van der Waals surface area contributed by atoms with Crippen molar-refractivity contribution in [2.24, 2.45) is 0 Å². The Morgan fingerprint density at radius 1 is 1.31 bits per heavy atom. The molecule has 3 N–H and O–H groups in total. The largest absolute Gasteiger partial charge is 0.755 e. The van der Waals surface area contributed by atoms with Crippen molar-refractivity contribution in [1.82, 2.24) is 0 Å². The van der Waals surface area contributed by atoms with Crippen LogP contribution in [0.5, 0.6) is 0 Å². The summed E-state index contributed by atoms with van der Waals surface area (Å²) in [5, 5.41) is 17.4. The van der Waals surface area contributed by atoms with E-state index in [1.54, 1.807) is 0 Å². The lowest BCUT2D eigenvalue weighted by molar-refractivity contribution is 0.426. The smallest absolute Gasteiger partial charge is 0.488 e.